The number of unbranched alkanes of at least 4 members (excludes halogenated alkanes) is 10. The number of hydrogen-bond donors (Lipinski definition) is 2. The third kappa shape index (κ3) is 9.00. The number of para-hydroxylation sites is 1. The van der Waals surface area contributed by atoms with Crippen molar-refractivity contribution in [1.82, 2.24) is 0 Å². The smallest absolute Gasteiger partial charge is 0.344 e. The summed E-state index contributed by atoms with van der Waals surface area (Å²) in [4.78, 5) is 35.5. The van der Waals surface area contributed by atoms with Gasteiger partial charge in [0.1, 0.15) is 5.75 Å². The molecule has 0 fully saturated rings. The van der Waals surface area contributed by atoms with Gasteiger partial charge in [0, 0.05) is 0 Å². The molecule has 6 heteroatoms. The number of carboxylic acids is 2. The Labute approximate surface area is 202 Å². The van der Waals surface area contributed by atoms with Crippen LogP contribution in [0.5, 0.6) is 5.75 Å². The molecule has 2 N–H and O–H groups in total. The van der Waals surface area contributed by atoms with E-state index in [2.05, 4.69) is 6.92 Å². The van der Waals surface area contributed by atoms with Crippen LogP contribution in [0.4, 0.5) is 0 Å². The molecule has 0 aliphatic rings. The van der Waals surface area contributed by atoms with E-state index in [1.54, 1.807) is 12.1 Å². The lowest BCUT2D eigenvalue weighted by atomic mass is 10.0. The Morgan fingerprint density at radius 3 is 1.88 bits per heavy atom. The number of esters is 1. The van der Waals surface area contributed by atoms with Crippen molar-refractivity contribution in [2.75, 3.05) is 0 Å². The van der Waals surface area contributed by atoms with Gasteiger partial charge in [-0.15, -0.1) is 0 Å². The second kappa shape index (κ2) is 14.9. The van der Waals surface area contributed by atoms with Gasteiger partial charge in [0.05, 0.1) is 16.7 Å². The predicted molar refractivity (Wildman–Crippen MR) is 132 cm³/mol. The predicted octanol–water partition coefficient (Wildman–Crippen LogP) is 7.16. The SMILES string of the molecule is CCCCCCCCCCCCCc1ccccc1OC(=O)c1cc(C(=O)O)ccc1C(=O)O. The maximum Gasteiger partial charge on any atom is 0.344 e. The number of benzene rings is 2. The Bertz CT molecular complexity index is 950. The molecule has 0 saturated carbocycles. The van der Waals surface area contributed by atoms with Crippen molar-refractivity contribution in [3.63, 3.8) is 0 Å². The zero-order valence-electron chi connectivity index (χ0n) is 20.1. The lowest BCUT2D eigenvalue weighted by Crippen LogP contribution is -2.16. The van der Waals surface area contributed by atoms with Crippen molar-refractivity contribution in [1.29, 1.82) is 0 Å². The number of aryl methyl sites for hydroxylation is 1. The number of hydrogen-bond acceptors (Lipinski definition) is 4. The van der Waals surface area contributed by atoms with E-state index in [0.29, 0.717) is 5.75 Å². The van der Waals surface area contributed by atoms with Crippen LogP contribution >= 0.6 is 0 Å². The standard InChI is InChI=1S/C28H36O6/c1-2-3-4-5-6-7-8-9-10-11-12-15-21-16-13-14-17-25(21)34-28(33)24-20-22(26(29)30)18-19-23(24)27(31)32/h13-14,16-20H,2-12,15H2,1H3,(H,29,30)(H,31,32). The van der Waals surface area contributed by atoms with E-state index in [-0.39, 0.29) is 16.7 Å². The lowest BCUT2D eigenvalue weighted by molar-refractivity contribution is 0.0662. The normalized spacial score (nSPS) is 10.7. The monoisotopic (exact) mass is 468 g/mol. The van der Waals surface area contributed by atoms with Crippen LogP contribution in [0.3, 0.4) is 0 Å². The van der Waals surface area contributed by atoms with Crippen LogP contribution in [0.15, 0.2) is 42.5 Å². The van der Waals surface area contributed by atoms with Crippen LogP contribution in [0, 0.1) is 0 Å². The highest BCUT2D eigenvalue weighted by molar-refractivity contribution is 6.05. The molecule has 6 nitrogen and oxygen atoms in total. The fourth-order valence-electron chi connectivity index (χ4n) is 3.98. The highest BCUT2D eigenvalue weighted by Gasteiger charge is 2.21. The van der Waals surface area contributed by atoms with Crippen LogP contribution in [-0.4, -0.2) is 28.1 Å². The molecule has 0 unspecified atom stereocenters. The van der Waals surface area contributed by atoms with E-state index < -0.39 is 17.9 Å². The lowest BCUT2D eigenvalue weighted by Gasteiger charge is -2.12. The van der Waals surface area contributed by atoms with Crippen LogP contribution in [0.1, 0.15) is 114 Å². The zero-order chi connectivity index (χ0) is 24.8. The Kier molecular flexibility index (Phi) is 11.9. The second-order valence-electron chi connectivity index (χ2n) is 8.65. The van der Waals surface area contributed by atoms with Gasteiger partial charge < -0.3 is 14.9 Å². The quantitative estimate of drug-likeness (QED) is 0.154. The number of carbonyl (C=O) groups is 3. The average molecular weight is 469 g/mol. The van der Waals surface area contributed by atoms with E-state index >= 15 is 0 Å². The molecule has 0 saturated heterocycles. The van der Waals surface area contributed by atoms with Crippen LogP contribution in [-0.2, 0) is 6.42 Å². The fraction of sp³-hybridized carbons (Fsp3) is 0.464. The Morgan fingerprint density at radius 2 is 1.29 bits per heavy atom. The fourth-order valence-corrected chi connectivity index (χ4v) is 3.98. The third-order valence-electron chi connectivity index (χ3n) is 5.94. The van der Waals surface area contributed by atoms with Gasteiger partial charge in [-0.2, -0.15) is 0 Å². The van der Waals surface area contributed by atoms with Gasteiger partial charge in [-0.05, 0) is 42.7 Å². The maximum absolute atomic E-state index is 12.7. The summed E-state index contributed by atoms with van der Waals surface area (Å²) in [7, 11) is 0. The van der Waals surface area contributed by atoms with Crippen LogP contribution in [0.25, 0.3) is 0 Å². The summed E-state index contributed by atoms with van der Waals surface area (Å²) >= 11 is 0. The van der Waals surface area contributed by atoms with Crippen LogP contribution < -0.4 is 4.74 Å². The first-order valence-corrected chi connectivity index (χ1v) is 12.3. The summed E-state index contributed by atoms with van der Waals surface area (Å²) in [6.07, 6.45) is 14.5. The van der Waals surface area contributed by atoms with Gasteiger partial charge >= 0.3 is 17.9 Å². The van der Waals surface area contributed by atoms with E-state index in [4.69, 9.17) is 4.74 Å². The number of carboxylic acid groups (broad SMARTS) is 2. The van der Waals surface area contributed by atoms with E-state index in [1.165, 1.54) is 57.8 Å². The van der Waals surface area contributed by atoms with Crippen molar-refractivity contribution in [2.45, 2.75) is 84.0 Å². The first kappa shape index (κ1) is 27.1. The molecule has 0 aliphatic heterocycles. The van der Waals surface area contributed by atoms with E-state index in [0.717, 1.165) is 43.0 Å². The molecule has 0 aromatic heterocycles. The molecule has 0 aliphatic carbocycles. The van der Waals surface area contributed by atoms with Gasteiger partial charge in [0.2, 0.25) is 0 Å². The van der Waals surface area contributed by atoms with Gasteiger partial charge in [-0.3, -0.25) is 0 Å². The summed E-state index contributed by atoms with van der Waals surface area (Å²) in [6, 6.07) is 10.5. The van der Waals surface area contributed by atoms with Gasteiger partial charge in [-0.25, -0.2) is 14.4 Å². The summed E-state index contributed by atoms with van der Waals surface area (Å²) in [5.74, 6) is -3.08. The molecule has 0 heterocycles. The summed E-state index contributed by atoms with van der Waals surface area (Å²) in [5.41, 5.74) is 0.124. The molecule has 0 bridgehead atoms. The first-order chi connectivity index (χ1) is 16.4. The van der Waals surface area contributed by atoms with Gasteiger partial charge in [0.25, 0.3) is 0 Å². The van der Waals surface area contributed by atoms with Crippen molar-refractivity contribution >= 4 is 17.9 Å². The molecule has 34 heavy (non-hydrogen) atoms. The van der Waals surface area contributed by atoms with E-state index in [1.807, 2.05) is 12.1 Å². The molecule has 0 radical (unpaired) electrons. The molecule has 2 rings (SSSR count). The largest absolute Gasteiger partial charge is 0.478 e. The zero-order valence-corrected chi connectivity index (χ0v) is 20.1. The summed E-state index contributed by atoms with van der Waals surface area (Å²) in [5, 5.41) is 18.6. The third-order valence-corrected chi connectivity index (χ3v) is 5.94. The highest BCUT2D eigenvalue weighted by atomic mass is 16.5. The number of carbonyl (C=O) groups excluding carboxylic acids is 1. The number of ether oxygens (including phenoxy) is 1. The molecule has 2 aromatic rings. The molecular formula is C28H36O6. The molecule has 0 amide bonds. The van der Waals surface area contributed by atoms with Gasteiger partial charge in [0.15, 0.2) is 0 Å². The molecular weight excluding hydrogens is 432 g/mol. The Balaban J connectivity index is 1.87. The van der Waals surface area contributed by atoms with Crippen molar-refractivity contribution < 1.29 is 29.3 Å². The number of aromatic carboxylic acids is 2. The minimum absolute atomic E-state index is 0.175. The first-order valence-electron chi connectivity index (χ1n) is 12.3. The number of rotatable bonds is 16. The molecule has 2 aromatic carbocycles. The minimum atomic E-state index is -1.32. The van der Waals surface area contributed by atoms with Crippen molar-refractivity contribution in [2.24, 2.45) is 0 Å². The minimum Gasteiger partial charge on any atom is -0.478 e. The summed E-state index contributed by atoms with van der Waals surface area (Å²) in [6.45, 7) is 2.23. The average Bonchev–Trinajstić information content (AvgIpc) is 2.83. The van der Waals surface area contributed by atoms with Gasteiger partial charge in [-0.1, -0.05) is 89.3 Å². The second-order valence-corrected chi connectivity index (χ2v) is 8.65. The summed E-state index contributed by atoms with van der Waals surface area (Å²) < 4.78 is 5.51. The molecule has 0 spiro atoms. The van der Waals surface area contributed by atoms with Crippen LogP contribution in [0.2, 0.25) is 0 Å². The van der Waals surface area contributed by atoms with Crippen molar-refractivity contribution in [3.8, 4) is 5.75 Å². The molecule has 0 atom stereocenters. The topological polar surface area (TPSA) is 101 Å². The van der Waals surface area contributed by atoms with E-state index in [9.17, 15) is 24.6 Å². The maximum atomic E-state index is 12.7. The van der Waals surface area contributed by atoms with Crippen molar-refractivity contribution in [3.05, 3.63) is 64.7 Å². The molecule has 184 valence electrons. The Hall–Kier alpha value is -3.15. The highest BCUT2D eigenvalue weighted by Crippen LogP contribution is 2.23. The Morgan fingerprint density at radius 1 is 0.706 bits per heavy atom.